The van der Waals surface area contributed by atoms with Crippen molar-refractivity contribution in [2.75, 3.05) is 0 Å². The molecule has 0 atom stereocenters. The molecule has 2 aromatic rings. The van der Waals surface area contributed by atoms with Gasteiger partial charge in [0.25, 0.3) is 0 Å². The number of hydrogen-bond acceptors (Lipinski definition) is 2. The molecular weight excluding hydrogens is 204 g/mol. The number of benzene rings is 2. The molecule has 0 spiro atoms. The SMILES string of the molecule is [NH4+].[NH4+].[O-]c1ccccc1.[O-]c1ccccc1. The van der Waals surface area contributed by atoms with Crippen LogP contribution in [0.5, 0.6) is 11.5 Å². The quantitative estimate of drug-likeness (QED) is 0.710. The van der Waals surface area contributed by atoms with E-state index < -0.39 is 0 Å². The molecule has 0 bridgehead atoms. The van der Waals surface area contributed by atoms with Crippen LogP contribution < -0.4 is 22.5 Å². The maximum absolute atomic E-state index is 10.3. The Morgan fingerprint density at radius 1 is 0.500 bits per heavy atom. The lowest BCUT2D eigenvalue weighted by Gasteiger charge is -1.98. The Kier molecular flexibility index (Phi) is 9.75. The molecule has 4 nitrogen and oxygen atoms in total. The summed E-state index contributed by atoms with van der Waals surface area (Å²) >= 11 is 0. The van der Waals surface area contributed by atoms with Gasteiger partial charge in [-0.25, -0.2) is 0 Å². The fourth-order valence-corrected chi connectivity index (χ4v) is 0.841. The molecule has 0 fully saturated rings. The smallest absolute Gasteiger partial charge is 0.0623 e. The average molecular weight is 222 g/mol. The second kappa shape index (κ2) is 9.51. The van der Waals surface area contributed by atoms with Crippen LogP contribution in [-0.2, 0) is 0 Å². The first-order valence-electron chi connectivity index (χ1n) is 4.23. The van der Waals surface area contributed by atoms with E-state index >= 15 is 0 Å². The first-order valence-corrected chi connectivity index (χ1v) is 4.23. The molecule has 0 aliphatic carbocycles. The minimum atomic E-state index is 0. The highest BCUT2D eigenvalue weighted by Gasteiger charge is 1.65. The van der Waals surface area contributed by atoms with E-state index in [-0.39, 0.29) is 23.8 Å². The summed E-state index contributed by atoms with van der Waals surface area (Å²) in [7, 11) is 0. The first kappa shape index (κ1) is 16.4. The van der Waals surface area contributed by atoms with E-state index in [1.54, 1.807) is 24.3 Å². The highest BCUT2D eigenvalue weighted by atomic mass is 16.3. The van der Waals surface area contributed by atoms with Crippen molar-refractivity contribution in [1.29, 1.82) is 0 Å². The van der Waals surface area contributed by atoms with Crippen LogP contribution in [0.1, 0.15) is 0 Å². The lowest BCUT2D eigenvalue weighted by atomic mass is 10.3. The third-order valence-corrected chi connectivity index (χ3v) is 1.49. The Morgan fingerprint density at radius 3 is 0.875 bits per heavy atom. The maximum atomic E-state index is 10.3. The maximum Gasteiger partial charge on any atom is -0.0623 e. The van der Waals surface area contributed by atoms with Crippen molar-refractivity contribution in [2.45, 2.75) is 0 Å². The van der Waals surface area contributed by atoms with Crippen LogP contribution in [0.15, 0.2) is 60.7 Å². The predicted octanol–water partition coefficient (Wildman–Crippen LogP) is 2.27. The zero-order valence-corrected chi connectivity index (χ0v) is 9.59. The molecule has 2 rings (SSSR count). The lowest BCUT2D eigenvalue weighted by molar-refractivity contribution is -0.269. The highest BCUT2D eigenvalue weighted by Crippen LogP contribution is 1.98. The van der Waals surface area contributed by atoms with Crippen LogP contribution in [0.4, 0.5) is 0 Å². The van der Waals surface area contributed by atoms with E-state index in [0.29, 0.717) is 0 Å². The molecule has 16 heavy (non-hydrogen) atoms. The minimum absolute atomic E-state index is 0. The van der Waals surface area contributed by atoms with Gasteiger partial charge in [-0.1, -0.05) is 60.7 Å². The molecule has 0 aliphatic rings. The fraction of sp³-hybridized carbons (Fsp3) is 0. The third kappa shape index (κ3) is 7.37. The van der Waals surface area contributed by atoms with Crippen molar-refractivity contribution in [3.05, 3.63) is 60.7 Å². The van der Waals surface area contributed by atoms with Gasteiger partial charge in [0.2, 0.25) is 0 Å². The summed E-state index contributed by atoms with van der Waals surface area (Å²) in [6.45, 7) is 0. The summed E-state index contributed by atoms with van der Waals surface area (Å²) in [5.41, 5.74) is 0. The number of quaternary nitrogens is 2. The number of rotatable bonds is 0. The molecule has 0 unspecified atom stereocenters. The average Bonchev–Trinajstić information content (AvgIpc) is 2.21. The summed E-state index contributed by atoms with van der Waals surface area (Å²) in [5.74, 6) is 0.144. The van der Waals surface area contributed by atoms with Crippen molar-refractivity contribution in [3.8, 4) is 11.5 Å². The Morgan fingerprint density at radius 2 is 0.750 bits per heavy atom. The largest absolute Gasteiger partial charge is 0.872 e. The molecule has 0 aromatic heterocycles. The van der Waals surface area contributed by atoms with Crippen molar-refractivity contribution in [2.24, 2.45) is 0 Å². The van der Waals surface area contributed by atoms with Crippen LogP contribution in [0.25, 0.3) is 0 Å². The van der Waals surface area contributed by atoms with Crippen LogP contribution in [0.3, 0.4) is 0 Å². The number of para-hydroxylation sites is 2. The standard InChI is InChI=1S/2C6H6O.2H3N/c2*7-6-4-2-1-3-5-6;;/h2*1-5,7H;2*1H3. The van der Waals surface area contributed by atoms with Crippen molar-refractivity contribution in [3.63, 3.8) is 0 Å². The summed E-state index contributed by atoms with van der Waals surface area (Å²) in [6.07, 6.45) is 0. The van der Waals surface area contributed by atoms with E-state index in [4.69, 9.17) is 0 Å². The zero-order chi connectivity index (χ0) is 10.2. The Bertz CT molecular complexity index is 314. The summed E-state index contributed by atoms with van der Waals surface area (Å²) in [5, 5.41) is 20.5. The summed E-state index contributed by atoms with van der Waals surface area (Å²) in [6, 6.07) is 16.7. The van der Waals surface area contributed by atoms with Gasteiger partial charge in [0, 0.05) is 0 Å². The molecule has 0 aliphatic heterocycles. The monoisotopic (exact) mass is 222 g/mol. The van der Waals surface area contributed by atoms with E-state index in [2.05, 4.69) is 0 Å². The van der Waals surface area contributed by atoms with Gasteiger partial charge in [0.15, 0.2) is 0 Å². The Hall–Kier alpha value is -2.04. The van der Waals surface area contributed by atoms with Gasteiger partial charge in [0.1, 0.15) is 0 Å². The molecule has 0 amide bonds. The van der Waals surface area contributed by atoms with Gasteiger partial charge >= 0.3 is 0 Å². The minimum Gasteiger partial charge on any atom is -0.872 e. The van der Waals surface area contributed by atoms with Crippen molar-refractivity contribution in [1.82, 2.24) is 12.3 Å². The van der Waals surface area contributed by atoms with Gasteiger partial charge in [0.05, 0.1) is 0 Å². The molecule has 4 heteroatoms. The highest BCUT2D eigenvalue weighted by molar-refractivity contribution is 5.17. The molecule has 88 valence electrons. The van der Waals surface area contributed by atoms with Crippen LogP contribution in [0, 0.1) is 0 Å². The van der Waals surface area contributed by atoms with E-state index in [0.717, 1.165) is 0 Å². The van der Waals surface area contributed by atoms with Crippen molar-refractivity contribution >= 4 is 0 Å². The van der Waals surface area contributed by atoms with Gasteiger partial charge in [-0.2, -0.15) is 0 Å². The first-order chi connectivity index (χ1) is 6.79. The van der Waals surface area contributed by atoms with Gasteiger partial charge in [-0.05, 0) is 0 Å². The molecule has 8 N–H and O–H groups in total. The normalized spacial score (nSPS) is 7.50. The summed E-state index contributed by atoms with van der Waals surface area (Å²) < 4.78 is 0. The third-order valence-electron chi connectivity index (χ3n) is 1.49. The van der Waals surface area contributed by atoms with Gasteiger partial charge in [-0.3, -0.25) is 0 Å². The lowest BCUT2D eigenvalue weighted by Crippen LogP contribution is -1.85. The second-order valence-corrected chi connectivity index (χ2v) is 2.63. The van der Waals surface area contributed by atoms with E-state index in [9.17, 15) is 10.2 Å². The molecule has 0 radical (unpaired) electrons. The molecule has 2 aromatic carbocycles. The molecule has 0 heterocycles. The van der Waals surface area contributed by atoms with Gasteiger partial charge < -0.3 is 22.5 Å². The number of hydrogen-bond donors (Lipinski definition) is 2. The van der Waals surface area contributed by atoms with Crippen LogP contribution in [0.2, 0.25) is 0 Å². The molecular formula is C12H18N2O2. The molecule has 0 saturated carbocycles. The predicted molar refractivity (Wildman–Crippen MR) is 63.7 cm³/mol. The van der Waals surface area contributed by atoms with Crippen LogP contribution in [-0.4, -0.2) is 0 Å². The second-order valence-electron chi connectivity index (χ2n) is 2.63. The Labute approximate surface area is 95.4 Å². The molecule has 0 saturated heterocycles. The Balaban J connectivity index is 0. The van der Waals surface area contributed by atoms with Crippen LogP contribution >= 0.6 is 0 Å². The topological polar surface area (TPSA) is 119 Å². The summed E-state index contributed by atoms with van der Waals surface area (Å²) in [4.78, 5) is 0. The van der Waals surface area contributed by atoms with Gasteiger partial charge in [-0.15, -0.1) is 11.5 Å². The van der Waals surface area contributed by atoms with E-state index in [1.807, 2.05) is 12.1 Å². The van der Waals surface area contributed by atoms with Crippen molar-refractivity contribution < 1.29 is 10.2 Å². The fourth-order valence-electron chi connectivity index (χ4n) is 0.841. The van der Waals surface area contributed by atoms with E-state index in [1.165, 1.54) is 24.3 Å². The zero-order valence-electron chi connectivity index (χ0n) is 9.59.